The van der Waals surface area contributed by atoms with Gasteiger partial charge in [-0.15, -0.1) is 0 Å². The highest BCUT2D eigenvalue weighted by molar-refractivity contribution is 6.30. The molecule has 1 aromatic carbocycles. The normalized spacial score (nSPS) is 21.8. The number of pyridine rings is 1. The fraction of sp³-hybridized carbons (Fsp3) is 0.304. The molecule has 0 bridgehead atoms. The number of aromatic nitrogens is 2. The number of halogens is 1. The molecule has 31 heavy (non-hydrogen) atoms. The van der Waals surface area contributed by atoms with E-state index in [4.69, 9.17) is 16.1 Å². The van der Waals surface area contributed by atoms with E-state index < -0.39 is 5.66 Å². The fourth-order valence-corrected chi connectivity index (χ4v) is 5.42. The molecule has 3 aliphatic rings. The molecule has 1 aliphatic carbocycles. The summed E-state index contributed by atoms with van der Waals surface area (Å²) < 4.78 is 5.52. The van der Waals surface area contributed by atoms with E-state index in [2.05, 4.69) is 10.1 Å². The molecule has 0 N–H and O–H groups in total. The Kier molecular flexibility index (Phi) is 3.99. The molecule has 2 amide bonds. The molecule has 2 aromatic heterocycles. The summed E-state index contributed by atoms with van der Waals surface area (Å²) in [6.45, 7) is 0.811. The second kappa shape index (κ2) is 6.65. The van der Waals surface area contributed by atoms with Crippen molar-refractivity contribution >= 4 is 23.4 Å². The van der Waals surface area contributed by atoms with Crippen LogP contribution in [0.15, 0.2) is 47.2 Å². The molecule has 0 saturated carbocycles. The van der Waals surface area contributed by atoms with Crippen LogP contribution >= 0.6 is 11.6 Å². The molecule has 7 nitrogen and oxygen atoms in total. The Morgan fingerprint density at radius 2 is 1.90 bits per heavy atom. The molecule has 156 valence electrons. The maximum atomic E-state index is 13.9. The first-order valence-electron chi connectivity index (χ1n) is 10.4. The maximum Gasteiger partial charge on any atom is 0.278 e. The standard InChI is InChI=1S/C23H19ClN4O3/c24-15-7-5-14(6-8-15)23-18-13-25-10-9-16(18)21(29)27(23)11-12-28(23)22(30)20-17-3-1-2-4-19(17)31-26-20/h5-10,13H,1-4,11-12H2. The zero-order valence-electron chi connectivity index (χ0n) is 16.7. The van der Waals surface area contributed by atoms with E-state index in [1.165, 1.54) is 0 Å². The van der Waals surface area contributed by atoms with Gasteiger partial charge in [-0.05, 0) is 37.5 Å². The van der Waals surface area contributed by atoms with E-state index in [9.17, 15) is 9.59 Å². The SMILES string of the molecule is O=C1c2ccncc2C2(c3ccc(Cl)cc3)N1CCN2C(=O)c1noc2c1CCCC2. The predicted molar refractivity (Wildman–Crippen MR) is 112 cm³/mol. The average Bonchev–Trinajstić information content (AvgIpc) is 3.47. The summed E-state index contributed by atoms with van der Waals surface area (Å²) in [6.07, 6.45) is 6.92. The number of hydrogen-bond donors (Lipinski definition) is 0. The summed E-state index contributed by atoms with van der Waals surface area (Å²) in [5.41, 5.74) is 2.23. The van der Waals surface area contributed by atoms with Crippen molar-refractivity contribution in [1.82, 2.24) is 19.9 Å². The fourth-order valence-electron chi connectivity index (χ4n) is 5.29. The molecule has 6 rings (SSSR count). The molecular weight excluding hydrogens is 416 g/mol. The third kappa shape index (κ3) is 2.41. The highest BCUT2D eigenvalue weighted by Crippen LogP contribution is 2.50. The van der Waals surface area contributed by atoms with Crippen LogP contribution in [0.5, 0.6) is 0 Å². The van der Waals surface area contributed by atoms with Gasteiger partial charge in [-0.25, -0.2) is 0 Å². The van der Waals surface area contributed by atoms with Crippen LogP contribution in [0.2, 0.25) is 5.02 Å². The first kappa shape index (κ1) is 18.6. The van der Waals surface area contributed by atoms with Crippen molar-refractivity contribution in [3.63, 3.8) is 0 Å². The van der Waals surface area contributed by atoms with Crippen molar-refractivity contribution in [3.05, 3.63) is 81.5 Å². The molecular formula is C23H19ClN4O3. The van der Waals surface area contributed by atoms with Crippen molar-refractivity contribution in [2.45, 2.75) is 31.3 Å². The summed E-state index contributed by atoms with van der Waals surface area (Å²) in [5, 5.41) is 4.75. The number of fused-ring (bicyclic) bond motifs is 4. The van der Waals surface area contributed by atoms with Gasteiger partial charge in [-0.2, -0.15) is 0 Å². The Morgan fingerprint density at radius 3 is 2.74 bits per heavy atom. The van der Waals surface area contributed by atoms with Gasteiger partial charge >= 0.3 is 0 Å². The lowest BCUT2D eigenvalue weighted by Gasteiger charge is -2.40. The minimum atomic E-state index is -1.08. The van der Waals surface area contributed by atoms with Gasteiger partial charge < -0.3 is 14.3 Å². The summed E-state index contributed by atoms with van der Waals surface area (Å²) in [5.74, 6) is 0.467. The molecule has 4 heterocycles. The molecule has 1 fully saturated rings. The predicted octanol–water partition coefficient (Wildman–Crippen LogP) is 3.41. The van der Waals surface area contributed by atoms with Crippen molar-refractivity contribution in [2.24, 2.45) is 0 Å². The van der Waals surface area contributed by atoms with E-state index in [1.807, 2.05) is 12.1 Å². The van der Waals surface area contributed by atoms with Crippen molar-refractivity contribution in [2.75, 3.05) is 13.1 Å². The number of carbonyl (C=O) groups is 2. The molecule has 0 radical (unpaired) electrons. The van der Waals surface area contributed by atoms with Gasteiger partial charge in [0.25, 0.3) is 11.8 Å². The molecule has 1 atom stereocenters. The van der Waals surface area contributed by atoms with Crippen LogP contribution in [0.25, 0.3) is 0 Å². The number of benzene rings is 1. The minimum Gasteiger partial charge on any atom is -0.360 e. The third-order valence-electron chi connectivity index (χ3n) is 6.65. The highest BCUT2D eigenvalue weighted by Gasteiger charge is 2.60. The van der Waals surface area contributed by atoms with E-state index in [-0.39, 0.29) is 11.8 Å². The van der Waals surface area contributed by atoms with Gasteiger partial charge in [0, 0.05) is 53.6 Å². The Balaban J connectivity index is 1.56. The average molecular weight is 435 g/mol. The molecule has 8 heteroatoms. The van der Waals surface area contributed by atoms with Gasteiger partial charge in [0.1, 0.15) is 5.76 Å². The van der Waals surface area contributed by atoms with Gasteiger partial charge in [0.15, 0.2) is 11.4 Å². The zero-order chi connectivity index (χ0) is 21.2. The smallest absolute Gasteiger partial charge is 0.278 e. The van der Waals surface area contributed by atoms with Crippen LogP contribution < -0.4 is 0 Å². The van der Waals surface area contributed by atoms with Crippen LogP contribution in [0.3, 0.4) is 0 Å². The maximum absolute atomic E-state index is 13.9. The second-order valence-corrected chi connectivity index (χ2v) is 8.59. The first-order chi connectivity index (χ1) is 15.1. The molecule has 0 spiro atoms. The van der Waals surface area contributed by atoms with Crippen LogP contribution in [-0.2, 0) is 18.5 Å². The second-order valence-electron chi connectivity index (χ2n) is 8.15. The third-order valence-corrected chi connectivity index (χ3v) is 6.90. The Morgan fingerprint density at radius 1 is 1.10 bits per heavy atom. The first-order valence-corrected chi connectivity index (χ1v) is 10.8. The largest absolute Gasteiger partial charge is 0.360 e. The van der Waals surface area contributed by atoms with E-state index in [0.717, 1.165) is 42.6 Å². The van der Waals surface area contributed by atoms with Gasteiger partial charge in [-0.1, -0.05) is 28.9 Å². The summed E-state index contributed by atoms with van der Waals surface area (Å²) in [6, 6.07) is 9.01. The molecule has 1 unspecified atom stereocenters. The Hall–Kier alpha value is -3.19. The summed E-state index contributed by atoms with van der Waals surface area (Å²) >= 11 is 6.15. The van der Waals surface area contributed by atoms with Crippen LogP contribution in [-0.4, -0.2) is 44.8 Å². The number of aryl methyl sites for hydroxylation is 1. The quantitative estimate of drug-likeness (QED) is 0.617. The van der Waals surface area contributed by atoms with Crippen LogP contribution in [0.1, 0.15) is 56.1 Å². The van der Waals surface area contributed by atoms with Gasteiger partial charge in [-0.3, -0.25) is 14.6 Å². The lowest BCUT2D eigenvalue weighted by molar-refractivity contribution is 0.0367. The lowest BCUT2D eigenvalue weighted by Crippen LogP contribution is -2.51. The van der Waals surface area contributed by atoms with Crippen LogP contribution in [0, 0.1) is 0 Å². The van der Waals surface area contributed by atoms with Crippen LogP contribution in [0.4, 0.5) is 0 Å². The molecule has 3 aromatic rings. The monoisotopic (exact) mass is 434 g/mol. The number of carbonyl (C=O) groups excluding carboxylic acids is 2. The van der Waals surface area contributed by atoms with Crippen molar-refractivity contribution in [3.8, 4) is 0 Å². The molecule has 2 aliphatic heterocycles. The minimum absolute atomic E-state index is 0.107. The van der Waals surface area contributed by atoms with Crippen molar-refractivity contribution < 1.29 is 14.1 Å². The number of amides is 2. The van der Waals surface area contributed by atoms with E-state index in [1.54, 1.807) is 40.4 Å². The van der Waals surface area contributed by atoms with Gasteiger partial charge in [0.05, 0.1) is 5.56 Å². The topological polar surface area (TPSA) is 79.5 Å². The Labute approximate surface area is 183 Å². The zero-order valence-corrected chi connectivity index (χ0v) is 17.4. The van der Waals surface area contributed by atoms with E-state index >= 15 is 0 Å². The number of hydrogen-bond acceptors (Lipinski definition) is 5. The lowest BCUT2D eigenvalue weighted by atomic mass is 9.90. The molecule has 1 saturated heterocycles. The summed E-state index contributed by atoms with van der Waals surface area (Å²) in [4.78, 5) is 35.0. The number of rotatable bonds is 2. The van der Waals surface area contributed by atoms with Crippen molar-refractivity contribution in [1.29, 1.82) is 0 Å². The Bertz CT molecular complexity index is 1220. The highest BCUT2D eigenvalue weighted by atomic mass is 35.5. The number of nitrogens with zero attached hydrogens (tertiary/aromatic N) is 4. The summed E-state index contributed by atoms with van der Waals surface area (Å²) in [7, 11) is 0. The van der Waals surface area contributed by atoms with E-state index in [0.29, 0.717) is 34.9 Å². The van der Waals surface area contributed by atoms with Gasteiger partial charge in [0.2, 0.25) is 0 Å².